The molecule has 4 rings (SSSR count). The molecule has 0 bridgehead atoms. The molecule has 0 aliphatic carbocycles. The van der Waals surface area contributed by atoms with Crippen molar-refractivity contribution in [3.8, 4) is 17.3 Å². The van der Waals surface area contributed by atoms with Gasteiger partial charge >= 0.3 is 0 Å². The Labute approximate surface area is 210 Å². The molecule has 0 aliphatic heterocycles. The largest absolute Gasteiger partial charge is 0.493 e. The molecule has 0 spiro atoms. The number of thioether (sulfide) groups is 1. The summed E-state index contributed by atoms with van der Waals surface area (Å²) in [6.45, 7) is 6.90. The molecule has 2 aromatic carbocycles. The summed E-state index contributed by atoms with van der Waals surface area (Å²) in [6, 6.07) is 13.7. The topological polar surface area (TPSA) is 82.2 Å². The second kappa shape index (κ2) is 10.2. The molecule has 0 saturated heterocycles. The van der Waals surface area contributed by atoms with E-state index in [-0.39, 0.29) is 11.7 Å². The average molecular weight is 576 g/mol. The van der Waals surface area contributed by atoms with Gasteiger partial charge in [-0.05, 0) is 71.3 Å². The lowest BCUT2D eigenvalue weighted by atomic mass is 10.0. The van der Waals surface area contributed by atoms with E-state index in [2.05, 4.69) is 58.0 Å². The predicted octanol–water partition coefficient (Wildman–Crippen LogP) is 6.18. The minimum atomic E-state index is -0.0798. The molecular formula is C24H25IN4O3S. The van der Waals surface area contributed by atoms with Crippen LogP contribution in [0.2, 0.25) is 0 Å². The molecule has 2 heterocycles. The SMILES string of the molecule is CCn1c(SCC(=O)Nc2ccc(I)cc2C(C)C)nnc1-c1cc2cccc(OC)c2o1. The van der Waals surface area contributed by atoms with Crippen LogP contribution in [0.15, 0.2) is 52.0 Å². The van der Waals surface area contributed by atoms with E-state index < -0.39 is 0 Å². The number of hydrogen-bond acceptors (Lipinski definition) is 6. The summed E-state index contributed by atoms with van der Waals surface area (Å²) in [5.41, 5.74) is 2.65. The normalized spacial score (nSPS) is 11.3. The zero-order valence-corrected chi connectivity index (χ0v) is 21.9. The molecule has 1 N–H and O–H groups in total. The Bertz CT molecular complexity index is 1300. The van der Waals surface area contributed by atoms with Gasteiger partial charge in [-0.25, -0.2) is 0 Å². The molecule has 0 fully saturated rings. The lowest BCUT2D eigenvalue weighted by molar-refractivity contribution is -0.113. The van der Waals surface area contributed by atoms with Gasteiger partial charge < -0.3 is 14.5 Å². The number of hydrogen-bond donors (Lipinski definition) is 1. The highest BCUT2D eigenvalue weighted by atomic mass is 127. The van der Waals surface area contributed by atoms with Gasteiger partial charge in [0.05, 0.1) is 12.9 Å². The van der Waals surface area contributed by atoms with Crippen LogP contribution in [0, 0.1) is 3.57 Å². The summed E-state index contributed by atoms with van der Waals surface area (Å²) in [4.78, 5) is 12.7. The number of benzene rings is 2. The lowest BCUT2D eigenvalue weighted by Gasteiger charge is -2.14. The minimum absolute atomic E-state index is 0.0798. The molecule has 2 aromatic heterocycles. The zero-order chi connectivity index (χ0) is 23.5. The summed E-state index contributed by atoms with van der Waals surface area (Å²) >= 11 is 3.64. The van der Waals surface area contributed by atoms with Crippen molar-refractivity contribution in [2.75, 3.05) is 18.2 Å². The van der Waals surface area contributed by atoms with Crippen molar-refractivity contribution in [3.05, 3.63) is 51.6 Å². The van der Waals surface area contributed by atoms with E-state index >= 15 is 0 Å². The second-order valence-electron chi connectivity index (χ2n) is 7.76. The predicted molar refractivity (Wildman–Crippen MR) is 140 cm³/mol. The number of rotatable bonds is 8. The Morgan fingerprint density at radius 3 is 2.79 bits per heavy atom. The number of furan rings is 1. The number of anilines is 1. The van der Waals surface area contributed by atoms with E-state index in [9.17, 15) is 4.79 Å². The van der Waals surface area contributed by atoms with Gasteiger partial charge in [-0.3, -0.25) is 9.36 Å². The standard InChI is InChI=1S/C24H25IN4O3S/c1-5-29-23(20-11-15-7-6-8-19(31-4)22(15)32-20)27-28-24(29)33-13-21(30)26-18-10-9-16(25)12-17(18)14(2)3/h6-12,14H,5,13H2,1-4H3,(H,26,30). The van der Waals surface area contributed by atoms with Crippen molar-refractivity contribution in [2.24, 2.45) is 0 Å². The summed E-state index contributed by atoms with van der Waals surface area (Å²) in [6.07, 6.45) is 0. The third-order valence-corrected chi connectivity index (χ3v) is 6.86. The Morgan fingerprint density at radius 2 is 2.06 bits per heavy atom. The number of fused-ring (bicyclic) bond motifs is 1. The van der Waals surface area contributed by atoms with Gasteiger partial charge in [-0.1, -0.05) is 37.7 Å². The number of amides is 1. The smallest absolute Gasteiger partial charge is 0.234 e. The maximum absolute atomic E-state index is 12.7. The van der Waals surface area contributed by atoms with Crippen LogP contribution < -0.4 is 10.1 Å². The van der Waals surface area contributed by atoms with E-state index in [1.54, 1.807) is 7.11 Å². The summed E-state index contributed by atoms with van der Waals surface area (Å²) in [5.74, 6) is 2.37. The highest BCUT2D eigenvalue weighted by Crippen LogP contribution is 2.34. The molecule has 0 unspecified atom stereocenters. The zero-order valence-electron chi connectivity index (χ0n) is 18.9. The summed E-state index contributed by atoms with van der Waals surface area (Å²) < 4.78 is 14.5. The fourth-order valence-corrected chi connectivity index (χ4v) is 4.93. The minimum Gasteiger partial charge on any atom is -0.493 e. The molecule has 33 heavy (non-hydrogen) atoms. The number of methoxy groups -OCH3 is 1. The van der Waals surface area contributed by atoms with Crippen molar-refractivity contribution in [3.63, 3.8) is 0 Å². The van der Waals surface area contributed by atoms with Crippen LogP contribution in [-0.2, 0) is 11.3 Å². The lowest BCUT2D eigenvalue weighted by Crippen LogP contribution is -2.16. The van der Waals surface area contributed by atoms with Crippen molar-refractivity contribution in [2.45, 2.75) is 38.4 Å². The van der Waals surface area contributed by atoms with Crippen LogP contribution in [0.4, 0.5) is 5.69 Å². The van der Waals surface area contributed by atoms with Gasteiger partial charge in [0.1, 0.15) is 0 Å². The van der Waals surface area contributed by atoms with Crippen molar-refractivity contribution < 1.29 is 13.9 Å². The van der Waals surface area contributed by atoms with Gasteiger partial charge in [0, 0.05) is 21.2 Å². The van der Waals surface area contributed by atoms with Crippen LogP contribution in [0.25, 0.3) is 22.6 Å². The number of carbonyl (C=O) groups excluding carboxylic acids is 1. The van der Waals surface area contributed by atoms with Crippen LogP contribution in [0.5, 0.6) is 5.75 Å². The fraction of sp³-hybridized carbons (Fsp3) is 0.292. The summed E-state index contributed by atoms with van der Waals surface area (Å²) in [7, 11) is 1.62. The number of ether oxygens (including phenoxy) is 1. The monoisotopic (exact) mass is 576 g/mol. The first kappa shape index (κ1) is 23.6. The van der Waals surface area contributed by atoms with Crippen LogP contribution in [0.3, 0.4) is 0 Å². The maximum Gasteiger partial charge on any atom is 0.234 e. The molecule has 172 valence electrons. The molecule has 7 nitrogen and oxygen atoms in total. The number of halogens is 1. The maximum atomic E-state index is 12.7. The quantitative estimate of drug-likeness (QED) is 0.199. The number of para-hydroxylation sites is 1. The third kappa shape index (κ3) is 5.03. The van der Waals surface area contributed by atoms with Crippen LogP contribution in [0.1, 0.15) is 32.3 Å². The molecule has 0 saturated carbocycles. The van der Waals surface area contributed by atoms with Crippen molar-refractivity contribution in [1.82, 2.24) is 14.8 Å². The van der Waals surface area contributed by atoms with E-state index in [4.69, 9.17) is 9.15 Å². The first-order valence-corrected chi connectivity index (χ1v) is 12.7. The van der Waals surface area contributed by atoms with Gasteiger partial charge in [0.25, 0.3) is 0 Å². The van der Waals surface area contributed by atoms with Crippen LogP contribution in [-0.4, -0.2) is 33.5 Å². The number of aromatic nitrogens is 3. The molecule has 0 atom stereocenters. The number of carbonyl (C=O) groups is 1. The Kier molecular flexibility index (Phi) is 7.28. The molecule has 0 aliphatic rings. The molecule has 0 radical (unpaired) electrons. The first-order valence-electron chi connectivity index (χ1n) is 10.6. The van der Waals surface area contributed by atoms with Gasteiger partial charge in [-0.15, -0.1) is 10.2 Å². The average Bonchev–Trinajstić information content (AvgIpc) is 3.42. The third-order valence-electron chi connectivity index (χ3n) is 5.22. The van der Waals surface area contributed by atoms with E-state index in [1.165, 1.54) is 11.8 Å². The number of nitrogens with zero attached hydrogens (tertiary/aromatic N) is 3. The second-order valence-corrected chi connectivity index (χ2v) is 9.95. The summed E-state index contributed by atoms with van der Waals surface area (Å²) in [5, 5.41) is 13.3. The first-order chi connectivity index (χ1) is 15.9. The Morgan fingerprint density at radius 1 is 1.24 bits per heavy atom. The Balaban J connectivity index is 1.51. The Hall–Kier alpha value is -2.53. The molecule has 4 aromatic rings. The highest BCUT2D eigenvalue weighted by molar-refractivity contribution is 14.1. The highest BCUT2D eigenvalue weighted by Gasteiger charge is 2.19. The van der Waals surface area contributed by atoms with Crippen molar-refractivity contribution in [1.29, 1.82) is 0 Å². The number of nitrogens with one attached hydrogen (secondary N) is 1. The molecule has 9 heteroatoms. The fourth-order valence-electron chi connectivity index (χ4n) is 3.61. The van der Waals surface area contributed by atoms with Crippen LogP contribution >= 0.6 is 34.4 Å². The van der Waals surface area contributed by atoms with E-state index in [0.29, 0.717) is 40.5 Å². The van der Waals surface area contributed by atoms with Crippen molar-refractivity contribution >= 4 is 56.9 Å². The van der Waals surface area contributed by atoms with E-state index in [0.717, 1.165) is 20.2 Å². The van der Waals surface area contributed by atoms with Gasteiger partial charge in [-0.2, -0.15) is 0 Å². The van der Waals surface area contributed by atoms with Gasteiger partial charge in [0.2, 0.25) is 11.7 Å². The molecular weight excluding hydrogens is 551 g/mol. The van der Waals surface area contributed by atoms with E-state index in [1.807, 2.05) is 47.9 Å². The molecule has 1 amide bonds. The van der Waals surface area contributed by atoms with Gasteiger partial charge in [0.15, 0.2) is 22.2 Å².